The highest BCUT2D eigenvalue weighted by molar-refractivity contribution is 7.81. The summed E-state index contributed by atoms with van der Waals surface area (Å²) in [5.41, 5.74) is 15.3. The quantitative estimate of drug-likeness (QED) is 0.189. The number of hydrogen-bond acceptors (Lipinski definition) is 4. The van der Waals surface area contributed by atoms with Crippen LogP contribution in [0, 0.1) is 0 Å². The molecule has 8 bridgehead atoms. The van der Waals surface area contributed by atoms with Crippen molar-refractivity contribution in [3.8, 4) is 33.4 Å². The number of nitrogens with one attached hydrogen (secondary N) is 2. The van der Waals surface area contributed by atoms with Crippen molar-refractivity contribution < 1.29 is 4.74 Å². The van der Waals surface area contributed by atoms with Gasteiger partial charge in [-0.15, -0.1) is 0 Å². The Balaban J connectivity index is 1.48. The van der Waals surface area contributed by atoms with Crippen LogP contribution in [0.15, 0.2) is 121 Å². The van der Waals surface area contributed by atoms with Crippen LogP contribution in [0.3, 0.4) is 0 Å². The third kappa shape index (κ3) is 4.82. The molecule has 0 spiro atoms. The fraction of sp³-hybridized carbons (Fsp3) is 0.0238. The number of thiocarbonyl (C=S) groups is 1. The van der Waals surface area contributed by atoms with Gasteiger partial charge in [-0.1, -0.05) is 91.0 Å². The lowest BCUT2D eigenvalue weighted by Gasteiger charge is -2.07. The largest absolute Gasteiger partial charge is 0.479 e. The van der Waals surface area contributed by atoms with Crippen LogP contribution in [0.5, 0.6) is 0 Å². The number of nitrogens with zero attached hydrogens (tertiary/aromatic N) is 2. The van der Waals surface area contributed by atoms with Crippen LogP contribution in [-0.2, 0) is 4.74 Å². The highest BCUT2D eigenvalue weighted by Crippen LogP contribution is 2.38. The van der Waals surface area contributed by atoms with E-state index in [-0.39, 0.29) is 0 Å². The fourth-order valence-electron chi connectivity index (χ4n) is 6.78. The van der Waals surface area contributed by atoms with Crippen LogP contribution in [0.2, 0.25) is 0 Å². The maximum atomic E-state index is 5.77. The Morgan fingerprint density at radius 1 is 0.458 bits per heavy atom. The zero-order chi connectivity index (χ0) is 32.0. The van der Waals surface area contributed by atoms with Crippen molar-refractivity contribution in [3.05, 3.63) is 150 Å². The number of ether oxygens (including phenoxy) is 1. The van der Waals surface area contributed by atoms with Crippen LogP contribution in [0.4, 0.5) is 0 Å². The lowest BCUT2D eigenvalue weighted by Crippen LogP contribution is -1.98. The first-order valence-electron chi connectivity index (χ1n) is 15.9. The Morgan fingerprint density at radius 2 is 0.812 bits per heavy atom. The van der Waals surface area contributed by atoms with Gasteiger partial charge in [0.25, 0.3) is 0 Å². The molecule has 228 valence electrons. The van der Waals surface area contributed by atoms with Crippen molar-refractivity contribution >= 4 is 69.2 Å². The van der Waals surface area contributed by atoms with Crippen molar-refractivity contribution in [2.24, 2.45) is 0 Å². The second-order valence-corrected chi connectivity index (χ2v) is 12.2. The van der Waals surface area contributed by atoms with E-state index in [1.165, 1.54) is 0 Å². The van der Waals surface area contributed by atoms with Crippen LogP contribution in [0.25, 0.3) is 85.3 Å². The van der Waals surface area contributed by atoms with Gasteiger partial charge < -0.3 is 14.7 Å². The molecule has 3 aliphatic heterocycles. The number of benzene rings is 3. The van der Waals surface area contributed by atoms with Gasteiger partial charge in [0.1, 0.15) is 6.61 Å². The Bertz CT molecular complexity index is 2470. The maximum Gasteiger partial charge on any atom is 0.192 e. The highest BCUT2D eigenvalue weighted by atomic mass is 32.1. The van der Waals surface area contributed by atoms with Gasteiger partial charge in [0.15, 0.2) is 5.05 Å². The summed E-state index contributed by atoms with van der Waals surface area (Å²) in [5, 5.41) is 0.472. The maximum absolute atomic E-state index is 5.77. The molecule has 3 aromatic carbocycles. The topological polar surface area (TPSA) is 66.6 Å². The van der Waals surface area contributed by atoms with Gasteiger partial charge in [-0.25, -0.2) is 9.97 Å². The summed E-state index contributed by atoms with van der Waals surface area (Å²) in [5.74, 6) is 0. The second kappa shape index (κ2) is 11.6. The summed E-state index contributed by atoms with van der Waals surface area (Å²) >= 11 is 5.71. The summed E-state index contributed by atoms with van der Waals surface area (Å²) < 4.78 is 5.77. The van der Waals surface area contributed by atoms with Gasteiger partial charge in [0, 0.05) is 49.9 Å². The van der Waals surface area contributed by atoms with E-state index in [2.05, 4.69) is 131 Å². The van der Waals surface area contributed by atoms with Crippen molar-refractivity contribution in [1.82, 2.24) is 19.9 Å². The van der Waals surface area contributed by atoms with Gasteiger partial charge in [0.05, 0.1) is 22.8 Å². The minimum Gasteiger partial charge on any atom is -0.479 e. The van der Waals surface area contributed by atoms with Gasteiger partial charge in [-0.3, -0.25) is 0 Å². The molecule has 0 aliphatic carbocycles. The molecule has 0 saturated carbocycles. The lowest BCUT2D eigenvalue weighted by molar-refractivity contribution is 0.376. The Morgan fingerprint density at radius 3 is 1.17 bits per heavy atom. The average Bonchev–Trinajstić information content (AvgIpc) is 3.98. The molecule has 9 rings (SSSR count). The standard InChI is InChI=1S/C42H28N4OS/c48-42-29(24-25-47-42)41-36-22-20-34(45-36)39(27-12-6-2-7-13-27)32-18-16-30(43-32)38(26-10-4-1-5-11-26)31-17-19-33(44-31)40(28-14-8-3-9-15-28)35-21-23-37(41)46-35/h1-24,43,46H,25H2. The third-order valence-electron chi connectivity index (χ3n) is 8.93. The SMILES string of the molecule is S=C1OCC=C1c1c2nc(c(-c3ccccc3)c3ccc([nH]3)c(-c3ccccc3)c3nc(c(-c4ccccc4)c4ccc1[nH]4)C=C3)C=C2. The van der Waals surface area contributed by atoms with E-state index in [9.17, 15) is 0 Å². The van der Waals surface area contributed by atoms with E-state index < -0.39 is 0 Å². The summed E-state index contributed by atoms with van der Waals surface area (Å²) in [4.78, 5) is 18.1. The van der Waals surface area contributed by atoms with Crippen molar-refractivity contribution in [2.75, 3.05) is 6.61 Å². The first-order valence-corrected chi connectivity index (χ1v) is 16.3. The summed E-state index contributed by atoms with van der Waals surface area (Å²) in [6, 6.07) is 39.8. The Labute approximate surface area is 282 Å². The zero-order valence-electron chi connectivity index (χ0n) is 25.8. The van der Waals surface area contributed by atoms with Gasteiger partial charge in [-0.2, -0.15) is 0 Å². The lowest BCUT2D eigenvalue weighted by atomic mass is 10.0. The molecule has 0 saturated heterocycles. The van der Waals surface area contributed by atoms with Crippen LogP contribution < -0.4 is 0 Å². The number of rotatable bonds is 4. The molecule has 48 heavy (non-hydrogen) atoms. The molecule has 3 aromatic heterocycles. The van der Waals surface area contributed by atoms with Crippen molar-refractivity contribution in [3.63, 3.8) is 0 Å². The molecule has 0 radical (unpaired) electrons. The molecule has 6 heterocycles. The molecule has 0 amide bonds. The normalized spacial score (nSPS) is 13.5. The number of aromatic amines is 2. The predicted octanol–water partition coefficient (Wildman–Crippen LogP) is 10.4. The minimum atomic E-state index is 0.438. The Kier molecular flexibility index (Phi) is 6.80. The molecule has 3 aliphatic rings. The molecule has 0 fully saturated rings. The van der Waals surface area contributed by atoms with Crippen LogP contribution in [-0.4, -0.2) is 31.6 Å². The second-order valence-electron chi connectivity index (χ2n) is 11.8. The Hall–Kier alpha value is -6.11. The summed E-state index contributed by atoms with van der Waals surface area (Å²) in [6.07, 6.45) is 10.4. The molecule has 5 nitrogen and oxygen atoms in total. The molecule has 2 N–H and O–H groups in total. The highest BCUT2D eigenvalue weighted by Gasteiger charge is 2.23. The molecule has 0 unspecified atom stereocenters. The van der Waals surface area contributed by atoms with Crippen molar-refractivity contribution in [1.29, 1.82) is 0 Å². The van der Waals surface area contributed by atoms with E-state index >= 15 is 0 Å². The van der Waals surface area contributed by atoms with E-state index in [4.69, 9.17) is 26.9 Å². The minimum absolute atomic E-state index is 0.438. The molecule has 6 heteroatoms. The number of hydrogen-bond donors (Lipinski definition) is 2. The fourth-order valence-corrected chi connectivity index (χ4v) is 7.03. The monoisotopic (exact) mass is 636 g/mol. The molecule has 6 aromatic rings. The first kappa shape index (κ1) is 28.1. The van der Waals surface area contributed by atoms with E-state index in [0.29, 0.717) is 11.7 Å². The van der Waals surface area contributed by atoms with E-state index in [0.717, 1.165) is 89.4 Å². The van der Waals surface area contributed by atoms with Crippen LogP contribution >= 0.6 is 12.2 Å². The van der Waals surface area contributed by atoms with E-state index in [1.54, 1.807) is 0 Å². The third-order valence-corrected chi connectivity index (χ3v) is 9.27. The first-order chi connectivity index (χ1) is 23.7. The molecular weight excluding hydrogens is 609 g/mol. The van der Waals surface area contributed by atoms with Crippen molar-refractivity contribution in [2.45, 2.75) is 0 Å². The van der Waals surface area contributed by atoms with Gasteiger partial charge >= 0.3 is 0 Å². The van der Waals surface area contributed by atoms with Gasteiger partial charge in [-0.05, 0) is 83.6 Å². The number of H-pyrrole nitrogens is 2. The summed E-state index contributed by atoms with van der Waals surface area (Å²) in [6.45, 7) is 0.438. The predicted molar refractivity (Wildman–Crippen MR) is 202 cm³/mol. The average molecular weight is 637 g/mol. The van der Waals surface area contributed by atoms with Gasteiger partial charge in [0.2, 0.25) is 0 Å². The summed E-state index contributed by atoms with van der Waals surface area (Å²) in [7, 11) is 0. The number of fused-ring (bicyclic) bond motifs is 8. The molecule has 0 atom stereocenters. The number of aromatic nitrogens is 4. The van der Waals surface area contributed by atoms with Crippen LogP contribution in [0.1, 0.15) is 28.3 Å². The zero-order valence-corrected chi connectivity index (χ0v) is 26.6. The molecular formula is C42H28N4OS. The van der Waals surface area contributed by atoms with E-state index in [1.807, 2.05) is 24.3 Å². The smallest absolute Gasteiger partial charge is 0.192 e.